The number of rotatable bonds is 4. The molecule has 0 saturated heterocycles. The van der Waals surface area contributed by atoms with Crippen molar-refractivity contribution in [3.05, 3.63) is 163 Å². The van der Waals surface area contributed by atoms with E-state index in [0.29, 0.717) is 0 Å². The van der Waals surface area contributed by atoms with Crippen molar-refractivity contribution < 1.29 is 0 Å². The first-order valence-electron chi connectivity index (χ1n) is 19.6. The summed E-state index contributed by atoms with van der Waals surface area (Å²) in [5.74, 6) is 0. The fourth-order valence-electron chi connectivity index (χ4n) is 6.51. The molecule has 0 unspecified atom stereocenters. The number of benzene rings is 6. The molecular formula is C51H70. The highest BCUT2D eigenvalue weighted by Gasteiger charge is 2.14. The fraction of sp³-hybridized carbons (Fsp3) is 0.373. The molecule has 6 rings (SSSR count). The monoisotopic (exact) mass is 683 g/mol. The van der Waals surface area contributed by atoms with Gasteiger partial charge in [-0.1, -0.05) is 146 Å². The maximum atomic E-state index is 2.39. The van der Waals surface area contributed by atoms with Gasteiger partial charge in [-0.25, -0.2) is 0 Å². The zero-order chi connectivity index (χ0) is 38.8. The topological polar surface area (TPSA) is 0 Å². The van der Waals surface area contributed by atoms with Crippen LogP contribution in [0.4, 0.5) is 0 Å². The van der Waals surface area contributed by atoms with Crippen LogP contribution in [-0.2, 0) is 12.8 Å². The van der Waals surface area contributed by atoms with Crippen molar-refractivity contribution in [2.24, 2.45) is 0 Å². The van der Waals surface area contributed by atoms with E-state index >= 15 is 0 Å². The first kappa shape index (κ1) is 44.9. The first-order valence-corrected chi connectivity index (χ1v) is 19.6. The van der Waals surface area contributed by atoms with E-state index in [4.69, 9.17) is 0 Å². The molecule has 0 atom stereocenters. The highest BCUT2D eigenvalue weighted by molar-refractivity contribution is 5.93. The van der Waals surface area contributed by atoms with Crippen molar-refractivity contribution in [2.45, 2.75) is 131 Å². The number of hydrogen-bond donors (Lipinski definition) is 0. The minimum absolute atomic E-state index is 0.981. The Labute approximate surface area is 314 Å². The Morgan fingerprint density at radius 2 is 0.706 bits per heavy atom. The number of fused-ring (bicyclic) bond motifs is 2. The highest BCUT2D eigenvalue weighted by atomic mass is 14.2. The Hall–Kier alpha value is -4.16. The standard InChI is InChI=1S/C26H26.C17H20.4C2H6/c1-16-14-21(24-12-8-6-10-22(24)17(16)2)15-26-20(5)18(3)19(4)23-11-7-9-13-25(23)26;1-12-7-5-9-16(14(12)3)11-17-10-6-8-13(2)15(17)4;4*1-2/h6-14H,15H2,1-5H3;5-10H,11H2,1-4H3;4*1-2H3. The molecule has 0 aromatic heterocycles. The van der Waals surface area contributed by atoms with Crippen molar-refractivity contribution >= 4 is 21.5 Å². The second kappa shape index (κ2) is 22.6. The molecular weight excluding hydrogens is 613 g/mol. The third kappa shape index (κ3) is 10.9. The van der Waals surface area contributed by atoms with Crippen LogP contribution in [0.25, 0.3) is 21.5 Å². The van der Waals surface area contributed by atoms with Crippen LogP contribution in [0.2, 0.25) is 0 Å². The first-order chi connectivity index (χ1) is 24.6. The van der Waals surface area contributed by atoms with Crippen molar-refractivity contribution in [1.82, 2.24) is 0 Å². The van der Waals surface area contributed by atoms with Gasteiger partial charge in [-0.05, 0) is 169 Å². The largest absolute Gasteiger partial charge is 0.0683 e. The minimum atomic E-state index is 0.981. The maximum absolute atomic E-state index is 2.39. The lowest BCUT2D eigenvalue weighted by molar-refractivity contribution is 1.10. The van der Waals surface area contributed by atoms with Gasteiger partial charge in [0.15, 0.2) is 0 Å². The number of aryl methyl sites for hydroxylation is 5. The van der Waals surface area contributed by atoms with Crippen LogP contribution in [0.15, 0.2) is 91.0 Å². The summed E-state index contributed by atoms with van der Waals surface area (Å²) in [4.78, 5) is 0. The SMILES string of the molecule is CC.CC.CC.CC.Cc1cc(Cc2c(C)c(C)c(C)c3ccccc23)c2ccccc2c1C.Cc1cccc(Cc2cccc(C)c2C)c1C. The number of hydrogen-bond acceptors (Lipinski definition) is 0. The van der Waals surface area contributed by atoms with E-state index in [0.717, 1.165) is 12.8 Å². The van der Waals surface area contributed by atoms with Gasteiger partial charge >= 0.3 is 0 Å². The summed E-state index contributed by atoms with van der Waals surface area (Å²) in [5.41, 5.74) is 18.4. The molecule has 0 aliphatic heterocycles. The summed E-state index contributed by atoms with van der Waals surface area (Å²) in [6, 6.07) is 33.2. The zero-order valence-corrected chi connectivity index (χ0v) is 35.6. The van der Waals surface area contributed by atoms with Gasteiger partial charge in [-0.3, -0.25) is 0 Å². The van der Waals surface area contributed by atoms with Crippen molar-refractivity contribution in [3.63, 3.8) is 0 Å². The Balaban J connectivity index is 0.000000452. The molecule has 0 bridgehead atoms. The van der Waals surface area contributed by atoms with Crippen LogP contribution in [0.3, 0.4) is 0 Å². The maximum Gasteiger partial charge on any atom is -0.00106 e. The molecule has 0 amide bonds. The summed E-state index contributed by atoms with van der Waals surface area (Å²) < 4.78 is 0. The smallest absolute Gasteiger partial charge is 0.00106 e. The van der Waals surface area contributed by atoms with Crippen molar-refractivity contribution in [1.29, 1.82) is 0 Å². The second-order valence-corrected chi connectivity index (χ2v) is 12.5. The van der Waals surface area contributed by atoms with Crippen LogP contribution in [0, 0.1) is 62.3 Å². The third-order valence-corrected chi connectivity index (χ3v) is 10.1. The summed E-state index contributed by atoms with van der Waals surface area (Å²) in [7, 11) is 0. The molecule has 0 fully saturated rings. The summed E-state index contributed by atoms with van der Waals surface area (Å²) in [6.07, 6.45) is 2.02. The predicted octanol–water partition coefficient (Wildman–Crippen LogP) is 15.7. The molecule has 6 aromatic carbocycles. The van der Waals surface area contributed by atoms with E-state index in [1.165, 1.54) is 93.9 Å². The molecule has 6 aromatic rings. The molecule has 0 saturated carbocycles. The second-order valence-electron chi connectivity index (χ2n) is 12.5. The molecule has 0 radical (unpaired) electrons. The van der Waals surface area contributed by atoms with Crippen molar-refractivity contribution in [2.75, 3.05) is 0 Å². The third-order valence-electron chi connectivity index (χ3n) is 10.1. The van der Waals surface area contributed by atoms with Gasteiger partial charge in [-0.15, -0.1) is 0 Å². The van der Waals surface area contributed by atoms with Crippen LogP contribution in [0.5, 0.6) is 0 Å². The molecule has 0 spiro atoms. The molecule has 0 heteroatoms. The van der Waals surface area contributed by atoms with Crippen molar-refractivity contribution in [3.8, 4) is 0 Å². The van der Waals surface area contributed by atoms with Crippen LogP contribution in [-0.4, -0.2) is 0 Å². The average molecular weight is 683 g/mol. The van der Waals surface area contributed by atoms with Crippen LogP contribution < -0.4 is 0 Å². The molecule has 0 N–H and O–H groups in total. The molecule has 51 heavy (non-hydrogen) atoms. The molecule has 0 aliphatic carbocycles. The Morgan fingerprint density at radius 3 is 1.18 bits per heavy atom. The van der Waals surface area contributed by atoms with Gasteiger partial charge in [0.2, 0.25) is 0 Å². The van der Waals surface area contributed by atoms with Gasteiger partial charge in [0, 0.05) is 0 Å². The van der Waals surface area contributed by atoms with Gasteiger partial charge in [0.25, 0.3) is 0 Å². The quantitative estimate of drug-likeness (QED) is 0.174. The van der Waals surface area contributed by atoms with E-state index < -0.39 is 0 Å². The van der Waals surface area contributed by atoms with Gasteiger partial charge in [0.1, 0.15) is 0 Å². The van der Waals surface area contributed by atoms with Gasteiger partial charge < -0.3 is 0 Å². The van der Waals surface area contributed by atoms with Gasteiger partial charge in [0.05, 0.1) is 0 Å². The molecule has 274 valence electrons. The van der Waals surface area contributed by atoms with E-state index in [2.05, 4.69) is 153 Å². The van der Waals surface area contributed by atoms with E-state index in [-0.39, 0.29) is 0 Å². The van der Waals surface area contributed by atoms with Crippen LogP contribution >= 0.6 is 0 Å². The Kier molecular flexibility index (Phi) is 19.9. The van der Waals surface area contributed by atoms with E-state index in [1.54, 1.807) is 0 Å². The molecule has 0 aliphatic rings. The van der Waals surface area contributed by atoms with E-state index in [1.807, 2.05) is 55.4 Å². The van der Waals surface area contributed by atoms with Gasteiger partial charge in [-0.2, -0.15) is 0 Å². The summed E-state index contributed by atoms with van der Waals surface area (Å²) in [5, 5.41) is 5.56. The highest BCUT2D eigenvalue weighted by Crippen LogP contribution is 2.34. The molecule has 0 nitrogen and oxygen atoms in total. The zero-order valence-electron chi connectivity index (χ0n) is 35.6. The fourth-order valence-corrected chi connectivity index (χ4v) is 6.51. The Morgan fingerprint density at radius 1 is 0.294 bits per heavy atom. The lowest BCUT2D eigenvalue weighted by Gasteiger charge is -2.18. The predicted molar refractivity (Wildman–Crippen MR) is 234 cm³/mol. The minimum Gasteiger partial charge on any atom is -0.0683 e. The lowest BCUT2D eigenvalue weighted by Crippen LogP contribution is -2.01. The lowest BCUT2D eigenvalue weighted by atomic mass is 9.86. The van der Waals surface area contributed by atoms with Crippen LogP contribution in [0.1, 0.15) is 128 Å². The normalized spacial score (nSPS) is 9.82. The molecule has 0 heterocycles. The average Bonchev–Trinajstić information content (AvgIpc) is 3.18. The van der Waals surface area contributed by atoms with E-state index in [9.17, 15) is 0 Å². The summed E-state index contributed by atoms with van der Waals surface area (Å²) in [6.45, 7) is 36.1. The summed E-state index contributed by atoms with van der Waals surface area (Å²) >= 11 is 0. The Bertz CT molecular complexity index is 1900.